The summed E-state index contributed by atoms with van der Waals surface area (Å²) in [6.45, 7) is 2.22. The smallest absolute Gasteiger partial charge is 0.336 e. The van der Waals surface area contributed by atoms with Gasteiger partial charge in [0.05, 0.1) is 26.9 Å². The Morgan fingerprint density at radius 3 is 1.92 bits per heavy atom. The summed E-state index contributed by atoms with van der Waals surface area (Å²) in [6.07, 6.45) is 10.3. The molecule has 0 aliphatic carbocycles. The molecule has 0 fully saturated rings. The van der Waals surface area contributed by atoms with Crippen molar-refractivity contribution in [2.45, 2.75) is 64.7 Å². The molecule has 1 N–H and O–H groups in total. The van der Waals surface area contributed by atoms with Crippen LogP contribution in [0.15, 0.2) is 6.07 Å². The van der Waals surface area contributed by atoms with Gasteiger partial charge in [0, 0.05) is 5.56 Å². The van der Waals surface area contributed by atoms with Crippen LogP contribution < -0.4 is 14.2 Å². The lowest BCUT2D eigenvalue weighted by Crippen LogP contribution is -2.08. The molecule has 0 spiro atoms. The van der Waals surface area contributed by atoms with Crippen LogP contribution in [0.3, 0.4) is 0 Å². The molecule has 1 aromatic carbocycles. The van der Waals surface area contributed by atoms with Crippen LogP contribution in [0.25, 0.3) is 0 Å². The summed E-state index contributed by atoms with van der Waals surface area (Å²) in [5.74, 6) is 0.303. The van der Waals surface area contributed by atoms with E-state index in [4.69, 9.17) is 14.2 Å². The number of aromatic carboxylic acids is 1. The molecular weight excluding hydrogens is 320 g/mol. The van der Waals surface area contributed by atoms with Crippen molar-refractivity contribution in [2.75, 3.05) is 21.3 Å². The van der Waals surface area contributed by atoms with Gasteiger partial charge in [-0.05, 0) is 18.9 Å². The van der Waals surface area contributed by atoms with Crippen LogP contribution in [0.1, 0.15) is 74.2 Å². The standard InChI is InChI=1S/C20H32O5/c1-5-6-7-8-9-10-11-12-13-15-16(20(21)22)14-17(23-2)19(25-4)18(15)24-3/h14H,5-13H2,1-4H3,(H,21,22). The summed E-state index contributed by atoms with van der Waals surface area (Å²) >= 11 is 0. The first kappa shape index (κ1) is 21.1. The number of carbonyl (C=O) groups is 1. The SMILES string of the molecule is CCCCCCCCCCc1c(C(=O)O)cc(OC)c(OC)c1OC. The van der Waals surface area contributed by atoms with Crippen LogP contribution in [0, 0.1) is 0 Å². The van der Waals surface area contributed by atoms with Crippen LogP contribution in [-0.2, 0) is 6.42 Å². The van der Waals surface area contributed by atoms with Crippen molar-refractivity contribution in [3.8, 4) is 17.2 Å². The summed E-state index contributed by atoms with van der Waals surface area (Å²) in [5.41, 5.74) is 0.899. The Bertz CT molecular complexity index is 539. The fourth-order valence-corrected chi connectivity index (χ4v) is 3.09. The third-order valence-electron chi connectivity index (χ3n) is 4.44. The third-order valence-corrected chi connectivity index (χ3v) is 4.44. The van der Waals surface area contributed by atoms with E-state index >= 15 is 0 Å². The van der Waals surface area contributed by atoms with Crippen molar-refractivity contribution >= 4 is 5.97 Å². The molecule has 0 radical (unpaired) electrons. The normalized spacial score (nSPS) is 10.6. The molecule has 0 atom stereocenters. The molecule has 0 aromatic heterocycles. The number of benzene rings is 1. The number of ether oxygens (including phenoxy) is 3. The second-order valence-corrected chi connectivity index (χ2v) is 6.20. The van der Waals surface area contributed by atoms with Crippen LogP contribution in [0.4, 0.5) is 0 Å². The van der Waals surface area contributed by atoms with Gasteiger partial charge >= 0.3 is 5.97 Å². The predicted molar refractivity (Wildman–Crippen MR) is 99.4 cm³/mol. The van der Waals surface area contributed by atoms with Crippen LogP contribution in [0.2, 0.25) is 0 Å². The molecule has 0 aliphatic rings. The molecule has 5 nitrogen and oxygen atoms in total. The molecule has 0 saturated heterocycles. The van der Waals surface area contributed by atoms with Crippen LogP contribution >= 0.6 is 0 Å². The van der Waals surface area contributed by atoms with Gasteiger partial charge in [-0.25, -0.2) is 4.79 Å². The number of hydrogen-bond acceptors (Lipinski definition) is 4. The average molecular weight is 352 g/mol. The van der Waals surface area contributed by atoms with Gasteiger partial charge in [-0.2, -0.15) is 0 Å². The van der Waals surface area contributed by atoms with E-state index in [2.05, 4.69) is 6.92 Å². The van der Waals surface area contributed by atoms with Gasteiger partial charge in [0.2, 0.25) is 5.75 Å². The molecule has 142 valence electrons. The lowest BCUT2D eigenvalue weighted by atomic mass is 9.98. The van der Waals surface area contributed by atoms with Crippen molar-refractivity contribution in [1.82, 2.24) is 0 Å². The molecule has 0 saturated carbocycles. The number of rotatable bonds is 13. The van der Waals surface area contributed by atoms with E-state index in [1.807, 2.05) is 0 Å². The highest BCUT2D eigenvalue weighted by Gasteiger charge is 2.23. The first-order chi connectivity index (χ1) is 12.1. The van der Waals surface area contributed by atoms with Crippen molar-refractivity contribution in [1.29, 1.82) is 0 Å². The maximum Gasteiger partial charge on any atom is 0.336 e. The topological polar surface area (TPSA) is 65.0 Å². The summed E-state index contributed by atoms with van der Waals surface area (Å²) < 4.78 is 16.1. The zero-order valence-electron chi connectivity index (χ0n) is 16.0. The highest BCUT2D eigenvalue weighted by molar-refractivity contribution is 5.92. The van der Waals surface area contributed by atoms with E-state index in [9.17, 15) is 9.90 Å². The second-order valence-electron chi connectivity index (χ2n) is 6.20. The molecule has 0 amide bonds. The minimum Gasteiger partial charge on any atom is -0.493 e. The Morgan fingerprint density at radius 2 is 1.44 bits per heavy atom. The Balaban J connectivity index is 2.78. The number of unbranched alkanes of at least 4 members (excludes halogenated alkanes) is 7. The van der Waals surface area contributed by atoms with Gasteiger partial charge in [0.1, 0.15) is 0 Å². The Kier molecular flexibility index (Phi) is 9.81. The molecule has 0 unspecified atom stereocenters. The predicted octanol–water partition coefficient (Wildman–Crippen LogP) is 5.09. The quantitative estimate of drug-likeness (QED) is 0.501. The minimum atomic E-state index is -0.978. The largest absolute Gasteiger partial charge is 0.493 e. The third kappa shape index (κ3) is 6.15. The molecule has 1 rings (SSSR count). The monoisotopic (exact) mass is 352 g/mol. The van der Waals surface area contributed by atoms with Crippen LogP contribution in [-0.4, -0.2) is 32.4 Å². The first-order valence-corrected chi connectivity index (χ1v) is 9.15. The summed E-state index contributed by atoms with van der Waals surface area (Å²) in [7, 11) is 4.54. The van der Waals surface area contributed by atoms with Gasteiger partial charge in [-0.3, -0.25) is 0 Å². The van der Waals surface area contributed by atoms with E-state index in [1.54, 1.807) is 0 Å². The summed E-state index contributed by atoms with van der Waals surface area (Å²) in [4.78, 5) is 11.6. The number of hydrogen-bond donors (Lipinski definition) is 1. The van der Waals surface area contributed by atoms with Gasteiger partial charge in [-0.1, -0.05) is 51.9 Å². The van der Waals surface area contributed by atoms with Crippen molar-refractivity contribution < 1.29 is 24.1 Å². The van der Waals surface area contributed by atoms with Crippen LogP contribution in [0.5, 0.6) is 17.2 Å². The van der Waals surface area contributed by atoms with Gasteiger partial charge < -0.3 is 19.3 Å². The Hall–Kier alpha value is -1.91. The van der Waals surface area contributed by atoms with E-state index in [1.165, 1.54) is 65.9 Å². The lowest BCUT2D eigenvalue weighted by Gasteiger charge is -2.18. The fraction of sp³-hybridized carbons (Fsp3) is 0.650. The number of methoxy groups -OCH3 is 3. The summed E-state index contributed by atoms with van der Waals surface area (Å²) in [5, 5.41) is 9.54. The highest BCUT2D eigenvalue weighted by Crippen LogP contribution is 2.42. The van der Waals surface area contributed by atoms with E-state index in [0.717, 1.165) is 12.8 Å². The van der Waals surface area contributed by atoms with E-state index < -0.39 is 5.97 Å². The zero-order valence-corrected chi connectivity index (χ0v) is 16.0. The molecular formula is C20H32O5. The number of carboxylic acids is 1. The summed E-state index contributed by atoms with van der Waals surface area (Å²) in [6, 6.07) is 1.52. The molecule has 0 bridgehead atoms. The van der Waals surface area contributed by atoms with Gasteiger partial charge in [-0.15, -0.1) is 0 Å². The minimum absolute atomic E-state index is 0.220. The number of carboxylic acid groups (broad SMARTS) is 1. The second kappa shape index (κ2) is 11.6. The Morgan fingerprint density at radius 1 is 0.880 bits per heavy atom. The van der Waals surface area contributed by atoms with Crippen molar-refractivity contribution in [3.63, 3.8) is 0 Å². The van der Waals surface area contributed by atoms with Gasteiger partial charge in [0.15, 0.2) is 11.5 Å². The fourth-order valence-electron chi connectivity index (χ4n) is 3.09. The average Bonchev–Trinajstić information content (AvgIpc) is 2.62. The molecule has 0 aliphatic heterocycles. The van der Waals surface area contributed by atoms with Gasteiger partial charge in [0.25, 0.3) is 0 Å². The highest BCUT2D eigenvalue weighted by atomic mass is 16.5. The molecule has 5 heteroatoms. The Labute approximate surface area is 151 Å². The zero-order chi connectivity index (χ0) is 18.7. The molecule has 25 heavy (non-hydrogen) atoms. The van der Waals surface area contributed by atoms with E-state index in [0.29, 0.717) is 29.2 Å². The maximum atomic E-state index is 11.6. The first-order valence-electron chi connectivity index (χ1n) is 9.15. The van der Waals surface area contributed by atoms with Crippen molar-refractivity contribution in [3.05, 3.63) is 17.2 Å². The molecule has 0 heterocycles. The maximum absolute atomic E-state index is 11.6. The lowest BCUT2D eigenvalue weighted by molar-refractivity contribution is 0.0694. The molecule has 1 aromatic rings. The van der Waals surface area contributed by atoms with Crippen molar-refractivity contribution in [2.24, 2.45) is 0 Å². The van der Waals surface area contributed by atoms with E-state index in [-0.39, 0.29) is 5.56 Å².